The average molecular weight is 739 g/mol. The Labute approximate surface area is 264 Å². The number of hydrazone groups is 1. The minimum atomic E-state index is -0.724. The number of para-hydroxylation sites is 1. The highest BCUT2D eigenvalue weighted by Gasteiger charge is 2.22. The lowest BCUT2D eigenvalue weighted by atomic mass is 10.0. The number of fused-ring (bicyclic) bond motifs is 1. The van der Waals surface area contributed by atoms with E-state index in [0.717, 1.165) is 0 Å². The first kappa shape index (κ1) is 29.3. The fourth-order valence-electron chi connectivity index (χ4n) is 4.10. The first-order chi connectivity index (χ1) is 19.6. The number of hydrogen-bond acceptors (Lipinski definition) is 4. The number of nitrogens with zero attached hydrogens (tertiary/aromatic N) is 1. The third-order valence-corrected chi connectivity index (χ3v) is 7.83. The fourth-order valence-corrected chi connectivity index (χ4v) is 6.15. The van der Waals surface area contributed by atoms with E-state index in [0.29, 0.717) is 41.1 Å². The Kier molecular flexibility index (Phi) is 8.82. The number of H-pyrrole nitrogens is 1. The van der Waals surface area contributed by atoms with Gasteiger partial charge in [0, 0.05) is 36.6 Å². The van der Waals surface area contributed by atoms with Crippen molar-refractivity contribution in [2.45, 2.75) is 0 Å². The number of nitrogens with one attached hydrogen (secondary N) is 2. The second kappa shape index (κ2) is 12.3. The molecule has 12 heteroatoms. The van der Waals surface area contributed by atoms with Gasteiger partial charge in [0.2, 0.25) is 0 Å². The number of aromatic nitrogens is 1. The van der Waals surface area contributed by atoms with Crippen LogP contribution in [0, 0.1) is 5.82 Å². The zero-order valence-electron chi connectivity index (χ0n) is 20.4. The van der Waals surface area contributed by atoms with Gasteiger partial charge in [-0.25, -0.2) is 14.6 Å². The molecule has 0 atom stereocenters. The normalized spacial score (nSPS) is 11.3. The van der Waals surface area contributed by atoms with Crippen molar-refractivity contribution >= 4 is 95.7 Å². The van der Waals surface area contributed by atoms with Crippen molar-refractivity contribution in [2.75, 3.05) is 0 Å². The SMILES string of the molecule is O=C(Oc1c(Br)cc(Br)cc1C=NNC(=O)c1[nH]c2c(F)cccc2c1-c1ccccc1Cl)c1ccc(Cl)cc1Cl. The number of halogens is 6. The van der Waals surface area contributed by atoms with Gasteiger partial charge in [0.1, 0.15) is 11.5 Å². The molecule has 0 spiro atoms. The lowest BCUT2D eigenvalue weighted by Crippen LogP contribution is -2.19. The number of carbonyl (C=O) groups is 2. The topological polar surface area (TPSA) is 83.5 Å². The Hall–Kier alpha value is -3.21. The Morgan fingerprint density at radius 3 is 2.49 bits per heavy atom. The van der Waals surface area contributed by atoms with Crippen molar-refractivity contribution in [2.24, 2.45) is 5.10 Å². The molecule has 0 radical (unpaired) electrons. The van der Waals surface area contributed by atoms with Gasteiger partial charge in [0.25, 0.3) is 5.91 Å². The Bertz CT molecular complexity index is 1880. The molecule has 1 amide bonds. The summed E-state index contributed by atoms with van der Waals surface area (Å²) < 4.78 is 21.3. The molecule has 0 saturated carbocycles. The summed E-state index contributed by atoms with van der Waals surface area (Å²) in [5.41, 5.74) is 4.10. The predicted octanol–water partition coefficient (Wildman–Crippen LogP) is 9.44. The molecule has 4 aromatic carbocycles. The third kappa shape index (κ3) is 6.19. The van der Waals surface area contributed by atoms with Gasteiger partial charge in [0.05, 0.1) is 26.8 Å². The van der Waals surface area contributed by atoms with Crippen LogP contribution in [0.1, 0.15) is 26.4 Å². The minimum absolute atomic E-state index is 0.0646. The molecule has 1 aromatic heterocycles. The van der Waals surface area contributed by atoms with Crippen LogP contribution in [0.25, 0.3) is 22.0 Å². The molecule has 206 valence electrons. The van der Waals surface area contributed by atoms with Crippen LogP contribution in [0.3, 0.4) is 0 Å². The van der Waals surface area contributed by atoms with Crippen LogP contribution in [0.15, 0.2) is 86.8 Å². The molecule has 5 rings (SSSR count). The van der Waals surface area contributed by atoms with E-state index in [-0.39, 0.29) is 27.5 Å². The van der Waals surface area contributed by atoms with Crippen molar-refractivity contribution in [1.82, 2.24) is 10.4 Å². The molecule has 5 aromatic rings. The maximum absolute atomic E-state index is 14.6. The van der Waals surface area contributed by atoms with Crippen molar-refractivity contribution in [3.8, 4) is 16.9 Å². The van der Waals surface area contributed by atoms with Crippen molar-refractivity contribution < 1.29 is 18.7 Å². The molecule has 0 aliphatic heterocycles. The smallest absolute Gasteiger partial charge is 0.345 e. The second-order valence-corrected chi connectivity index (χ2v) is 11.6. The summed E-state index contributed by atoms with van der Waals surface area (Å²) in [6.45, 7) is 0. The molecule has 6 nitrogen and oxygen atoms in total. The number of ether oxygens (including phenoxy) is 1. The molecular formula is C29H15Br2Cl3FN3O3. The third-order valence-electron chi connectivity index (χ3n) is 5.91. The maximum Gasteiger partial charge on any atom is 0.345 e. The van der Waals surface area contributed by atoms with Crippen LogP contribution in [0.5, 0.6) is 5.75 Å². The summed E-state index contributed by atoms with van der Waals surface area (Å²) in [5, 5.41) is 5.44. The summed E-state index contributed by atoms with van der Waals surface area (Å²) in [4.78, 5) is 29.1. The highest BCUT2D eigenvalue weighted by molar-refractivity contribution is 9.11. The zero-order valence-corrected chi connectivity index (χ0v) is 25.9. The molecule has 1 heterocycles. The molecule has 0 aliphatic rings. The summed E-state index contributed by atoms with van der Waals surface area (Å²) >= 11 is 25.3. The number of aromatic amines is 1. The molecule has 2 N–H and O–H groups in total. The monoisotopic (exact) mass is 735 g/mol. The number of rotatable bonds is 6. The summed E-state index contributed by atoms with van der Waals surface area (Å²) in [5.74, 6) is -1.76. The summed E-state index contributed by atoms with van der Waals surface area (Å²) in [7, 11) is 0. The molecule has 0 saturated heterocycles. The molecular weight excluding hydrogens is 724 g/mol. The van der Waals surface area contributed by atoms with E-state index in [1.807, 2.05) is 0 Å². The number of carbonyl (C=O) groups excluding carboxylic acids is 2. The summed E-state index contributed by atoms with van der Waals surface area (Å²) in [6.07, 6.45) is 1.30. The van der Waals surface area contributed by atoms with Gasteiger partial charge < -0.3 is 9.72 Å². The highest BCUT2D eigenvalue weighted by atomic mass is 79.9. The molecule has 0 aliphatic carbocycles. The van der Waals surface area contributed by atoms with Crippen LogP contribution in [0.2, 0.25) is 15.1 Å². The highest BCUT2D eigenvalue weighted by Crippen LogP contribution is 2.37. The van der Waals surface area contributed by atoms with Crippen LogP contribution in [-0.2, 0) is 0 Å². The van der Waals surface area contributed by atoms with Crippen LogP contribution in [0.4, 0.5) is 4.39 Å². The van der Waals surface area contributed by atoms with Gasteiger partial charge in [-0.05, 0) is 58.4 Å². The largest absolute Gasteiger partial charge is 0.421 e. The first-order valence-corrected chi connectivity index (χ1v) is 14.4. The lowest BCUT2D eigenvalue weighted by Gasteiger charge is -2.11. The first-order valence-electron chi connectivity index (χ1n) is 11.7. The van der Waals surface area contributed by atoms with E-state index < -0.39 is 17.7 Å². The van der Waals surface area contributed by atoms with E-state index in [2.05, 4.69) is 47.4 Å². The number of hydrogen-bond donors (Lipinski definition) is 2. The number of benzene rings is 4. The second-order valence-electron chi connectivity index (χ2n) is 8.54. The van der Waals surface area contributed by atoms with Crippen molar-refractivity contribution in [1.29, 1.82) is 0 Å². The minimum Gasteiger partial charge on any atom is -0.421 e. The number of esters is 1. The van der Waals surface area contributed by atoms with E-state index in [9.17, 15) is 14.0 Å². The fraction of sp³-hybridized carbons (Fsp3) is 0. The maximum atomic E-state index is 14.6. The molecule has 0 fully saturated rings. The standard InChI is InChI=1S/C29H15Br2Cl3FN3O3/c30-15-10-14(27(20(31)11-15)41-29(40)18-9-8-16(32)12-22(18)34)13-36-38-28(39)26-24(17-4-1-2-6-21(17)33)19-5-3-7-23(35)25(19)37-26/h1-13,37H,(H,38,39). The Morgan fingerprint density at radius 2 is 1.73 bits per heavy atom. The zero-order chi connectivity index (χ0) is 29.3. The van der Waals surface area contributed by atoms with Gasteiger partial charge in [0.15, 0.2) is 5.75 Å². The van der Waals surface area contributed by atoms with Crippen LogP contribution in [-0.4, -0.2) is 23.1 Å². The van der Waals surface area contributed by atoms with Crippen molar-refractivity contribution in [3.05, 3.63) is 119 Å². The summed E-state index contributed by atoms with van der Waals surface area (Å²) in [6, 6.07) is 19.2. The van der Waals surface area contributed by atoms with E-state index in [1.54, 1.807) is 48.5 Å². The predicted molar refractivity (Wildman–Crippen MR) is 167 cm³/mol. The lowest BCUT2D eigenvalue weighted by molar-refractivity contribution is 0.0733. The Morgan fingerprint density at radius 1 is 0.951 bits per heavy atom. The molecule has 0 bridgehead atoms. The van der Waals surface area contributed by atoms with Crippen molar-refractivity contribution in [3.63, 3.8) is 0 Å². The molecule has 0 unspecified atom stereocenters. The van der Waals surface area contributed by atoms with E-state index in [4.69, 9.17) is 39.5 Å². The molecule has 41 heavy (non-hydrogen) atoms. The average Bonchev–Trinajstić information content (AvgIpc) is 3.31. The Balaban J connectivity index is 1.46. The van der Waals surface area contributed by atoms with Crippen LogP contribution >= 0.6 is 66.7 Å². The quantitative estimate of drug-likeness (QED) is 0.0789. The van der Waals surface area contributed by atoms with Gasteiger partial charge in [-0.2, -0.15) is 5.10 Å². The van der Waals surface area contributed by atoms with Gasteiger partial charge in [-0.3, -0.25) is 4.79 Å². The van der Waals surface area contributed by atoms with Crippen LogP contribution < -0.4 is 10.2 Å². The van der Waals surface area contributed by atoms with E-state index >= 15 is 0 Å². The van der Waals surface area contributed by atoms with Gasteiger partial charge in [-0.15, -0.1) is 0 Å². The van der Waals surface area contributed by atoms with Gasteiger partial charge in [-0.1, -0.05) is 81.1 Å². The van der Waals surface area contributed by atoms with Gasteiger partial charge >= 0.3 is 5.97 Å². The van der Waals surface area contributed by atoms with E-state index in [1.165, 1.54) is 30.5 Å². The number of amides is 1.